The second-order valence-electron chi connectivity index (χ2n) is 4.31. The van der Waals surface area contributed by atoms with Crippen molar-refractivity contribution < 1.29 is 4.39 Å². The molecule has 0 amide bonds. The summed E-state index contributed by atoms with van der Waals surface area (Å²) in [4.78, 5) is 0. The fraction of sp³-hybridized carbons (Fsp3) is 0.308. The fourth-order valence-corrected chi connectivity index (χ4v) is 1.77. The second kappa shape index (κ2) is 4.67. The third kappa shape index (κ3) is 2.36. The molecule has 2 rings (SSSR count). The number of nitrogens with zero attached hydrogens (tertiary/aromatic N) is 2. The zero-order chi connectivity index (χ0) is 12.4. The lowest BCUT2D eigenvalue weighted by Gasteiger charge is -2.06. The minimum Gasteiger partial charge on any atom is -0.326 e. The fourth-order valence-electron chi connectivity index (χ4n) is 1.77. The van der Waals surface area contributed by atoms with Crippen LogP contribution in [0.25, 0.3) is 11.1 Å². The van der Waals surface area contributed by atoms with Crippen molar-refractivity contribution in [1.29, 1.82) is 0 Å². The Kier molecular flexibility index (Phi) is 3.24. The van der Waals surface area contributed by atoms with Gasteiger partial charge >= 0.3 is 0 Å². The molecule has 17 heavy (non-hydrogen) atoms. The molecule has 1 aromatic heterocycles. The predicted octanol–water partition coefficient (Wildman–Crippen LogP) is 2.73. The van der Waals surface area contributed by atoms with E-state index in [-0.39, 0.29) is 5.82 Å². The maximum atomic E-state index is 13.1. The van der Waals surface area contributed by atoms with Crippen molar-refractivity contribution in [2.24, 2.45) is 5.73 Å². The maximum Gasteiger partial charge on any atom is 0.123 e. The summed E-state index contributed by atoms with van der Waals surface area (Å²) in [6.45, 7) is 4.44. The lowest BCUT2D eigenvalue weighted by Crippen LogP contribution is -2.00. The molecule has 90 valence electrons. The first-order chi connectivity index (χ1) is 8.11. The van der Waals surface area contributed by atoms with Crippen LogP contribution >= 0.6 is 0 Å². The third-order valence-electron chi connectivity index (χ3n) is 2.73. The van der Waals surface area contributed by atoms with Gasteiger partial charge in [-0.25, -0.2) is 4.39 Å². The first kappa shape index (κ1) is 11.8. The van der Waals surface area contributed by atoms with E-state index in [1.54, 1.807) is 12.3 Å². The second-order valence-corrected chi connectivity index (χ2v) is 4.31. The number of benzene rings is 1. The molecule has 0 aliphatic rings. The van der Waals surface area contributed by atoms with Gasteiger partial charge in [0, 0.05) is 24.3 Å². The lowest BCUT2D eigenvalue weighted by atomic mass is 10.0. The Morgan fingerprint density at radius 3 is 2.76 bits per heavy atom. The van der Waals surface area contributed by atoms with Gasteiger partial charge in [0.25, 0.3) is 0 Å². The number of hydrogen-bond acceptors (Lipinski definition) is 2. The van der Waals surface area contributed by atoms with Gasteiger partial charge in [-0.3, -0.25) is 4.68 Å². The molecule has 0 unspecified atom stereocenters. The molecular weight excluding hydrogens is 217 g/mol. The van der Waals surface area contributed by atoms with Gasteiger partial charge in [-0.1, -0.05) is 6.07 Å². The summed E-state index contributed by atoms with van der Waals surface area (Å²) in [5.41, 5.74) is 8.35. The minimum absolute atomic E-state index is 0.259. The number of hydrogen-bond donors (Lipinski definition) is 1. The van der Waals surface area contributed by atoms with E-state index >= 15 is 0 Å². The molecule has 4 heteroatoms. The van der Waals surface area contributed by atoms with E-state index in [0.717, 1.165) is 16.7 Å². The molecule has 2 aromatic rings. The van der Waals surface area contributed by atoms with Crippen LogP contribution in [-0.4, -0.2) is 9.78 Å². The molecule has 0 atom stereocenters. The molecule has 0 radical (unpaired) electrons. The molecule has 0 bridgehead atoms. The van der Waals surface area contributed by atoms with Crippen molar-refractivity contribution in [3.63, 3.8) is 0 Å². The van der Waals surface area contributed by atoms with E-state index in [1.165, 1.54) is 12.1 Å². The summed E-state index contributed by atoms with van der Waals surface area (Å²) in [6.07, 6.45) is 3.74. The standard InChI is InChI=1S/C13H16FN3/c1-9(2)17-8-11(7-16-17)13-4-3-12(14)5-10(13)6-15/h3-5,7-9H,6,15H2,1-2H3. The van der Waals surface area contributed by atoms with Gasteiger partial charge in [-0.15, -0.1) is 0 Å². The highest BCUT2D eigenvalue weighted by molar-refractivity contribution is 5.66. The van der Waals surface area contributed by atoms with Crippen molar-refractivity contribution in [1.82, 2.24) is 9.78 Å². The van der Waals surface area contributed by atoms with Gasteiger partial charge in [-0.2, -0.15) is 5.10 Å². The van der Waals surface area contributed by atoms with E-state index in [2.05, 4.69) is 18.9 Å². The number of nitrogens with two attached hydrogens (primary N) is 1. The molecular formula is C13H16FN3. The average molecular weight is 233 g/mol. The van der Waals surface area contributed by atoms with E-state index in [1.807, 2.05) is 10.9 Å². The summed E-state index contributed by atoms with van der Waals surface area (Å²) < 4.78 is 15.0. The highest BCUT2D eigenvalue weighted by Gasteiger charge is 2.08. The van der Waals surface area contributed by atoms with E-state index < -0.39 is 0 Å². The van der Waals surface area contributed by atoms with Crippen molar-refractivity contribution >= 4 is 0 Å². The first-order valence-electron chi connectivity index (χ1n) is 5.65. The molecule has 1 heterocycles. The van der Waals surface area contributed by atoms with Crippen molar-refractivity contribution in [2.45, 2.75) is 26.4 Å². The Morgan fingerprint density at radius 1 is 1.41 bits per heavy atom. The minimum atomic E-state index is -0.259. The smallest absolute Gasteiger partial charge is 0.123 e. The van der Waals surface area contributed by atoms with Gasteiger partial charge in [-0.05, 0) is 37.1 Å². The zero-order valence-electron chi connectivity index (χ0n) is 10.0. The van der Waals surface area contributed by atoms with E-state index in [9.17, 15) is 4.39 Å². The Hall–Kier alpha value is -1.68. The summed E-state index contributed by atoms with van der Waals surface area (Å²) in [6, 6.07) is 4.98. The Morgan fingerprint density at radius 2 is 2.18 bits per heavy atom. The molecule has 0 saturated heterocycles. The van der Waals surface area contributed by atoms with Crippen LogP contribution in [0.5, 0.6) is 0 Å². The number of halogens is 1. The first-order valence-corrected chi connectivity index (χ1v) is 5.65. The molecule has 0 aliphatic carbocycles. The lowest BCUT2D eigenvalue weighted by molar-refractivity contribution is 0.532. The van der Waals surface area contributed by atoms with Crippen LogP contribution in [0, 0.1) is 5.82 Å². The predicted molar refractivity (Wildman–Crippen MR) is 65.9 cm³/mol. The van der Waals surface area contributed by atoms with Gasteiger partial charge in [0.15, 0.2) is 0 Å². The summed E-state index contributed by atoms with van der Waals surface area (Å²) in [7, 11) is 0. The summed E-state index contributed by atoms with van der Waals surface area (Å²) in [5.74, 6) is -0.259. The van der Waals surface area contributed by atoms with Crippen LogP contribution in [0.4, 0.5) is 4.39 Å². The molecule has 3 nitrogen and oxygen atoms in total. The van der Waals surface area contributed by atoms with Gasteiger partial charge in [0.05, 0.1) is 6.20 Å². The summed E-state index contributed by atoms with van der Waals surface area (Å²) >= 11 is 0. The van der Waals surface area contributed by atoms with Crippen LogP contribution in [0.1, 0.15) is 25.5 Å². The Labute approximate surface area is 100 Å². The topological polar surface area (TPSA) is 43.8 Å². The summed E-state index contributed by atoms with van der Waals surface area (Å²) in [5, 5.41) is 4.27. The Balaban J connectivity index is 2.44. The van der Waals surface area contributed by atoms with Crippen LogP contribution in [0.15, 0.2) is 30.6 Å². The molecule has 0 aliphatic heterocycles. The highest BCUT2D eigenvalue weighted by atomic mass is 19.1. The molecule has 1 aromatic carbocycles. The molecule has 0 spiro atoms. The molecule has 0 saturated carbocycles. The monoisotopic (exact) mass is 233 g/mol. The van der Waals surface area contributed by atoms with Crippen LogP contribution in [0.2, 0.25) is 0 Å². The van der Waals surface area contributed by atoms with Crippen molar-refractivity contribution in [2.75, 3.05) is 0 Å². The largest absolute Gasteiger partial charge is 0.326 e. The number of aromatic nitrogens is 2. The van der Waals surface area contributed by atoms with E-state index in [4.69, 9.17) is 5.73 Å². The van der Waals surface area contributed by atoms with Gasteiger partial charge in [0.1, 0.15) is 5.82 Å². The normalized spacial score (nSPS) is 11.1. The van der Waals surface area contributed by atoms with Crippen molar-refractivity contribution in [3.05, 3.63) is 42.0 Å². The SMILES string of the molecule is CC(C)n1cc(-c2ccc(F)cc2CN)cn1. The van der Waals surface area contributed by atoms with Crippen LogP contribution in [-0.2, 0) is 6.54 Å². The number of rotatable bonds is 3. The average Bonchev–Trinajstić information content (AvgIpc) is 2.78. The quantitative estimate of drug-likeness (QED) is 0.885. The molecule has 2 N–H and O–H groups in total. The van der Waals surface area contributed by atoms with Gasteiger partial charge < -0.3 is 5.73 Å². The van der Waals surface area contributed by atoms with Crippen LogP contribution in [0.3, 0.4) is 0 Å². The maximum absolute atomic E-state index is 13.1. The van der Waals surface area contributed by atoms with E-state index in [0.29, 0.717) is 12.6 Å². The Bertz CT molecular complexity index is 517. The van der Waals surface area contributed by atoms with Crippen LogP contribution < -0.4 is 5.73 Å². The van der Waals surface area contributed by atoms with Gasteiger partial charge in [0.2, 0.25) is 0 Å². The third-order valence-corrected chi connectivity index (χ3v) is 2.73. The molecule has 0 fully saturated rings. The highest BCUT2D eigenvalue weighted by Crippen LogP contribution is 2.24. The zero-order valence-corrected chi connectivity index (χ0v) is 10.0. The van der Waals surface area contributed by atoms with Crippen molar-refractivity contribution in [3.8, 4) is 11.1 Å².